The van der Waals surface area contributed by atoms with Crippen molar-refractivity contribution >= 4 is 43.6 Å². The fourth-order valence-corrected chi connectivity index (χ4v) is 12.1. The average Bonchev–Trinajstić information content (AvgIpc) is 4.17. The molecular weight excluding hydrogens is 965 g/mol. The number of fused-ring (bicyclic) bond motifs is 6. The van der Waals surface area contributed by atoms with E-state index in [1.54, 1.807) is 0 Å². The zero-order valence-electron chi connectivity index (χ0n) is 43.9. The monoisotopic (exact) mass is 1020 g/mol. The minimum absolute atomic E-state index is 1.13. The fourth-order valence-electron chi connectivity index (χ4n) is 12.1. The predicted octanol–water partition coefficient (Wildman–Crippen LogP) is 21.2. The molecule has 15 aromatic rings. The van der Waals surface area contributed by atoms with Crippen molar-refractivity contribution in [3.63, 3.8) is 0 Å². The van der Waals surface area contributed by atoms with Gasteiger partial charge in [-0.1, -0.05) is 237 Å². The topological polar surface area (TPSA) is 9.86 Å². The molecule has 0 radical (unpaired) electrons. The van der Waals surface area contributed by atoms with Crippen LogP contribution in [0.3, 0.4) is 0 Å². The Morgan fingerprint density at radius 2 is 0.375 bits per heavy atom. The van der Waals surface area contributed by atoms with Gasteiger partial charge in [0.2, 0.25) is 0 Å². The first-order valence-corrected chi connectivity index (χ1v) is 27.5. The van der Waals surface area contributed by atoms with E-state index in [9.17, 15) is 0 Å². The van der Waals surface area contributed by atoms with E-state index in [4.69, 9.17) is 0 Å². The maximum Gasteiger partial charge on any atom is 0.0541 e. The molecule has 2 heterocycles. The van der Waals surface area contributed by atoms with Crippen molar-refractivity contribution in [3.8, 4) is 100 Å². The van der Waals surface area contributed by atoms with Crippen molar-refractivity contribution in [1.29, 1.82) is 0 Å². The molecule has 0 spiro atoms. The first-order valence-electron chi connectivity index (χ1n) is 27.5. The van der Waals surface area contributed by atoms with Gasteiger partial charge >= 0.3 is 0 Å². The van der Waals surface area contributed by atoms with Crippen LogP contribution in [-0.4, -0.2) is 9.13 Å². The largest absolute Gasteiger partial charge is 0.309 e. The molecule has 0 saturated carbocycles. The Bertz CT molecular complexity index is 4790. The molecule has 13 aromatic carbocycles. The summed E-state index contributed by atoms with van der Waals surface area (Å²) < 4.78 is 4.84. The molecule has 2 nitrogen and oxygen atoms in total. The third-order valence-corrected chi connectivity index (χ3v) is 16.1. The fraction of sp³-hybridized carbons (Fsp3) is 0. The van der Waals surface area contributed by atoms with Gasteiger partial charge in [-0.05, 0) is 168 Å². The Balaban J connectivity index is 0.701. The zero-order valence-corrected chi connectivity index (χ0v) is 43.9. The van der Waals surface area contributed by atoms with E-state index in [0.717, 1.165) is 11.4 Å². The molecule has 374 valence electrons. The van der Waals surface area contributed by atoms with Crippen molar-refractivity contribution in [3.05, 3.63) is 315 Å². The van der Waals surface area contributed by atoms with Crippen molar-refractivity contribution < 1.29 is 0 Å². The molecule has 0 atom stereocenters. The van der Waals surface area contributed by atoms with Gasteiger partial charge in [0.05, 0.1) is 22.1 Å². The summed E-state index contributed by atoms with van der Waals surface area (Å²) in [5, 5.41) is 4.96. The molecule has 0 amide bonds. The van der Waals surface area contributed by atoms with E-state index >= 15 is 0 Å². The predicted molar refractivity (Wildman–Crippen MR) is 339 cm³/mol. The van der Waals surface area contributed by atoms with Crippen LogP contribution in [0.4, 0.5) is 0 Å². The van der Waals surface area contributed by atoms with Crippen LogP contribution in [0.2, 0.25) is 0 Å². The summed E-state index contributed by atoms with van der Waals surface area (Å²) >= 11 is 0. The summed E-state index contributed by atoms with van der Waals surface area (Å²) in [5.41, 5.74) is 26.3. The maximum atomic E-state index is 2.43. The summed E-state index contributed by atoms with van der Waals surface area (Å²) in [6.45, 7) is 0. The Kier molecular flexibility index (Phi) is 11.6. The molecule has 0 aliphatic heterocycles. The van der Waals surface area contributed by atoms with Gasteiger partial charge in [-0.2, -0.15) is 0 Å². The Morgan fingerprint density at radius 3 is 0.738 bits per heavy atom. The van der Waals surface area contributed by atoms with Gasteiger partial charge < -0.3 is 9.13 Å². The SMILES string of the molecule is c1ccc(-c2cccc(-c3ccc(-c4cccc(-c5cccc(-c6ccc(-c7cccc(-n8c9ccccc9c9cc(-c%10ccc%11c(c%10)c%10ccccc%10n%11-c%10cccc(-c%11ccccc%11)c%10)ccc98)c7)cc6)c5)c4)cc3)c2)cc1. The third kappa shape index (κ3) is 8.48. The van der Waals surface area contributed by atoms with Crippen molar-refractivity contribution in [2.45, 2.75) is 0 Å². The van der Waals surface area contributed by atoms with Crippen LogP contribution >= 0.6 is 0 Å². The molecule has 0 aliphatic carbocycles. The molecule has 2 heteroatoms. The number of hydrogen-bond acceptors (Lipinski definition) is 0. The number of aromatic nitrogens is 2. The summed E-state index contributed by atoms with van der Waals surface area (Å²) in [6.07, 6.45) is 0. The number of hydrogen-bond donors (Lipinski definition) is 0. The van der Waals surface area contributed by atoms with Crippen LogP contribution in [0, 0.1) is 0 Å². The Labute approximate surface area is 466 Å². The van der Waals surface area contributed by atoms with Crippen LogP contribution in [0.25, 0.3) is 144 Å². The quantitative estimate of drug-likeness (QED) is 0.129. The van der Waals surface area contributed by atoms with Crippen molar-refractivity contribution in [1.82, 2.24) is 9.13 Å². The normalized spacial score (nSPS) is 11.5. The minimum atomic E-state index is 1.13. The van der Waals surface area contributed by atoms with E-state index in [-0.39, 0.29) is 0 Å². The van der Waals surface area contributed by atoms with Crippen LogP contribution in [0.15, 0.2) is 315 Å². The molecule has 0 fully saturated rings. The van der Waals surface area contributed by atoms with Gasteiger partial charge in [0.1, 0.15) is 0 Å². The lowest BCUT2D eigenvalue weighted by molar-refractivity contribution is 1.18. The summed E-state index contributed by atoms with van der Waals surface area (Å²) in [6, 6.07) is 115. The van der Waals surface area contributed by atoms with Gasteiger partial charge in [0, 0.05) is 32.9 Å². The zero-order chi connectivity index (χ0) is 52.9. The van der Waals surface area contributed by atoms with Crippen LogP contribution in [0.5, 0.6) is 0 Å². The van der Waals surface area contributed by atoms with E-state index in [1.165, 1.54) is 133 Å². The van der Waals surface area contributed by atoms with Gasteiger partial charge in [-0.15, -0.1) is 0 Å². The van der Waals surface area contributed by atoms with E-state index in [1.807, 2.05) is 0 Å². The maximum absolute atomic E-state index is 2.43. The highest BCUT2D eigenvalue weighted by Gasteiger charge is 2.18. The number of nitrogens with zero attached hydrogens (tertiary/aromatic N) is 2. The van der Waals surface area contributed by atoms with E-state index < -0.39 is 0 Å². The molecule has 80 heavy (non-hydrogen) atoms. The first-order chi connectivity index (χ1) is 39.6. The van der Waals surface area contributed by atoms with Gasteiger partial charge in [0.15, 0.2) is 0 Å². The van der Waals surface area contributed by atoms with Crippen LogP contribution in [0.1, 0.15) is 0 Å². The molecule has 0 bridgehead atoms. The summed E-state index contributed by atoms with van der Waals surface area (Å²) in [4.78, 5) is 0. The molecule has 0 saturated heterocycles. The van der Waals surface area contributed by atoms with Crippen molar-refractivity contribution in [2.75, 3.05) is 0 Å². The van der Waals surface area contributed by atoms with Crippen LogP contribution in [-0.2, 0) is 0 Å². The second kappa shape index (κ2) is 19.8. The number of benzene rings is 13. The standard InChI is InChI=1S/C78H52N2/c1-3-16-53(17-4-1)59-20-11-21-60(46-59)55-34-36-56(37-35-55)61-22-12-24-63(47-61)64-25-13-23-62(48-64)57-38-40-58(41-39-57)66-27-15-29-70(50-66)80-76-33-10-8-31-72(76)74-52-68(43-45-78(74)80)67-42-44-77-73(51-67)71-30-7-9-32-75(71)79(77)69-28-14-26-65(49-69)54-18-5-2-6-19-54/h1-52H. The lowest BCUT2D eigenvalue weighted by atomic mass is 9.94. The van der Waals surface area contributed by atoms with Gasteiger partial charge in [0.25, 0.3) is 0 Å². The lowest BCUT2D eigenvalue weighted by Gasteiger charge is -2.12. The van der Waals surface area contributed by atoms with Crippen LogP contribution < -0.4 is 0 Å². The number of rotatable bonds is 10. The highest BCUT2D eigenvalue weighted by Crippen LogP contribution is 2.40. The Morgan fingerprint density at radius 1 is 0.138 bits per heavy atom. The molecule has 2 aromatic heterocycles. The molecule has 0 unspecified atom stereocenters. The Hall–Kier alpha value is -10.5. The van der Waals surface area contributed by atoms with Crippen molar-refractivity contribution in [2.24, 2.45) is 0 Å². The summed E-state index contributed by atoms with van der Waals surface area (Å²) in [5.74, 6) is 0. The molecular formula is C78H52N2. The van der Waals surface area contributed by atoms with E-state index in [2.05, 4.69) is 325 Å². The third-order valence-electron chi connectivity index (χ3n) is 16.1. The highest BCUT2D eigenvalue weighted by molar-refractivity contribution is 6.13. The van der Waals surface area contributed by atoms with Gasteiger partial charge in [-0.3, -0.25) is 0 Å². The molecule has 0 aliphatic rings. The minimum Gasteiger partial charge on any atom is -0.309 e. The lowest BCUT2D eigenvalue weighted by Crippen LogP contribution is -1.94. The summed E-state index contributed by atoms with van der Waals surface area (Å²) in [7, 11) is 0. The number of para-hydroxylation sites is 2. The second-order valence-electron chi connectivity index (χ2n) is 20.9. The second-order valence-corrected chi connectivity index (χ2v) is 20.9. The van der Waals surface area contributed by atoms with E-state index in [0.29, 0.717) is 0 Å². The highest BCUT2D eigenvalue weighted by atomic mass is 15.0. The average molecular weight is 1020 g/mol. The molecule has 0 N–H and O–H groups in total. The molecule has 15 rings (SSSR count). The first kappa shape index (κ1) is 46.7. The smallest absolute Gasteiger partial charge is 0.0541 e. The van der Waals surface area contributed by atoms with Gasteiger partial charge in [-0.25, -0.2) is 0 Å².